The van der Waals surface area contributed by atoms with E-state index in [2.05, 4.69) is 131 Å². The molecule has 4 aromatic carbocycles. The van der Waals surface area contributed by atoms with Gasteiger partial charge < -0.3 is 0 Å². The van der Waals surface area contributed by atoms with Gasteiger partial charge in [0.05, 0.1) is 22.2 Å². The van der Waals surface area contributed by atoms with Crippen LogP contribution in [-0.2, 0) is 6.42 Å². The first-order valence-electron chi connectivity index (χ1n) is 19.1. The van der Waals surface area contributed by atoms with E-state index in [-0.39, 0.29) is 22.9 Å². The fourth-order valence-corrected chi connectivity index (χ4v) is 8.52. The van der Waals surface area contributed by atoms with E-state index >= 15 is 0 Å². The van der Waals surface area contributed by atoms with Crippen molar-refractivity contribution in [3.05, 3.63) is 120 Å². The molecule has 0 bridgehead atoms. The van der Waals surface area contributed by atoms with Crippen LogP contribution in [0.5, 0.6) is 0 Å². The smallest absolute Gasteiger partial charge is 0.147 e. The van der Waals surface area contributed by atoms with Crippen LogP contribution >= 0.6 is 11.3 Å². The van der Waals surface area contributed by atoms with Crippen LogP contribution in [0.3, 0.4) is 0 Å². The minimum Gasteiger partial charge on any atom is -0.291 e. The SMILES string of the molecule is [2H]C([2H])([2H])c1ccc2c(ccc3nc(-c4cccc5c4sc4nc(CC(C)(C)C)ccc45)n(-c4c(C(C)C)cc(-c5ccccc5)cc4C(C)C)c32)n1. The third-order valence-corrected chi connectivity index (χ3v) is 10.7. The number of hydrogen-bond acceptors (Lipinski definition) is 4. The van der Waals surface area contributed by atoms with Crippen molar-refractivity contribution in [1.29, 1.82) is 0 Å². The van der Waals surface area contributed by atoms with Crippen molar-refractivity contribution >= 4 is 53.6 Å². The van der Waals surface area contributed by atoms with E-state index in [1.54, 1.807) is 17.4 Å². The second-order valence-corrected chi connectivity index (χ2v) is 16.3. The third kappa shape index (κ3) is 5.58. The number of pyridine rings is 2. The Hall–Kier alpha value is -4.87. The molecule has 0 aliphatic rings. The van der Waals surface area contributed by atoms with Crippen molar-refractivity contribution in [2.24, 2.45) is 5.41 Å². The molecular formula is C45H44N4S. The molecule has 8 rings (SSSR count). The van der Waals surface area contributed by atoms with Gasteiger partial charge in [0.1, 0.15) is 10.7 Å². The molecular weight excluding hydrogens is 629 g/mol. The van der Waals surface area contributed by atoms with Gasteiger partial charge in [-0.1, -0.05) is 90.9 Å². The Balaban J connectivity index is 1.49. The van der Waals surface area contributed by atoms with Gasteiger partial charge in [-0.2, -0.15) is 0 Å². The summed E-state index contributed by atoms with van der Waals surface area (Å²) in [4.78, 5) is 16.3. The molecule has 0 spiro atoms. The van der Waals surface area contributed by atoms with Crippen molar-refractivity contribution in [1.82, 2.24) is 19.5 Å². The second-order valence-electron chi connectivity index (χ2n) is 15.3. The van der Waals surface area contributed by atoms with Crippen LogP contribution in [0.4, 0.5) is 0 Å². The Morgan fingerprint density at radius 1 is 0.700 bits per heavy atom. The van der Waals surface area contributed by atoms with Gasteiger partial charge >= 0.3 is 0 Å². The second kappa shape index (κ2) is 12.2. The zero-order valence-electron chi connectivity index (χ0n) is 32.8. The molecule has 0 saturated carbocycles. The van der Waals surface area contributed by atoms with Crippen LogP contribution in [0, 0.1) is 12.3 Å². The normalized spacial score (nSPS) is 13.6. The topological polar surface area (TPSA) is 43.6 Å². The Kier molecular flexibility index (Phi) is 7.04. The number of aromatic nitrogens is 4. The number of benzene rings is 4. The summed E-state index contributed by atoms with van der Waals surface area (Å²) in [6, 6.07) is 33.6. The molecule has 4 aromatic heterocycles. The number of rotatable bonds is 6. The van der Waals surface area contributed by atoms with Gasteiger partial charge in [0, 0.05) is 41.9 Å². The Morgan fingerprint density at radius 3 is 2.12 bits per heavy atom. The maximum Gasteiger partial charge on any atom is 0.147 e. The van der Waals surface area contributed by atoms with Crippen molar-refractivity contribution in [3.63, 3.8) is 0 Å². The summed E-state index contributed by atoms with van der Waals surface area (Å²) in [5.41, 5.74) is 10.7. The van der Waals surface area contributed by atoms with Gasteiger partial charge in [0.2, 0.25) is 0 Å². The highest BCUT2D eigenvalue weighted by atomic mass is 32.1. The summed E-state index contributed by atoms with van der Waals surface area (Å²) < 4.78 is 27.7. The summed E-state index contributed by atoms with van der Waals surface area (Å²) >= 11 is 1.73. The number of imidazole rings is 1. The van der Waals surface area contributed by atoms with Crippen LogP contribution in [0.15, 0.2) is 97.1 Å². The number of fused-ring (bicyclic) bond motifs is 6. The maximum atomic E-state index is 8.07. The maximum absolute atomic E-state index is 8.07. The van der Waals surface area contributed by atoms with Crippen LogP contribution in [-0.4, -0.2) is 19.5 Å². The van der Waals surface area contributed by atoms with E-state index in [0.717, 1.165) is 65.9 Å². The van der Waals surface area contributed by atoms with Gasteiger partial charge in [0.25, 0.3) is 0 Å². The first-order chi connectivity index (χ1) is 25.2. The summed E-state index contributed by atoms with van der Waals surface area (Å²) in [5.74, 6) is 1.23. The van der Waals surface area contributed by atoms with Crippen LogP contribution < -0.4 is 0 Å². The van der Waals surface area contributed by atoms with Crippen molar-refractivity contribution < 1.29 is 4.11 Å². The molecule has 50 heavy (non-hydrogen) atoms. The van der Waals surface area contributed by atoms with Gasteiger partial charge in [0.15, 0.2) is 0 Å². The average Bonchev–Trinajstić information content (AvgIpc) is 3.68. The lowest BCUT2D eigenvalue weighted by molar-refractivity contribution is 0.407. The van der Waals surface area contributed by atoms with Gasteiger partial charge in [-0.25, -0.2) is 9.97 Å². The zero-order chi connectivity index (χ0) is 37.4. The van der Waals surface area contributed by atoms with Crippen molar-refractivity contribution in [3.8, 4) is 28.2 Å². The predicted molar refractivity (Wildman–Crippen MR) is 214 cm³/mol. The molecule has 4 heterocycles. The third-order valence-electron chi connectivity index (χ3n) is 9.60. The highest BCUT2D eigenvalue weighted by Crippen LogP contribution is 2.45. The molecule has 0 atom stereocenters. The van der Waals surface area contributed by atoms with Crippen LogP contribution in [0.25, 0.3) is 70.4 Å². The minimum absolute atomic E-state index is 0.0852. The average molecular weight is 676 g/mol. The number of thiophene rings is 1. The van der Waals surface area contributed by atoms with Crippen molar-refractivity contribution in [2.45, 2.75) is 73.6 Å². The molecule has 0 unspecified atom stereocenters. The highest BCUT2D eigenvalue weighted by molar-refractivity contribution is 7.26. The lowest BCUT2D eigenvalue weighted by atomic mass is 9.88. The summed E-state index contributed by atoms with van der Waals surface area (Å²) in [5, 5.41) is 3.18. The van der Waals surface area contributed by atoms with Crippen molar-refractivity contribution in [2.75, 3.05) is 0 Å². The molecule has 0 fully saturated rings. The Bertz CT molecular complexity index is 2650. The first kappa shape index (κ1) is 28.9. The highest BCUT2D eigenvalue weighted by Gasteiger charge is 2.26. The van der Waals surface area contributed by atoms with Gasteiger partial charge in [-0.3, -0.25) is 9.55 Å². The van der Waals surface area contributed by atoms with E-state index in [0.29, 0.717) is 5.52 Å². The monoisotopic (exact) mass is 675 g/mol. The van der Waals surface area contributed by atoms with Crippen LogP contribution in [0.2, 0.25) is 0 Å². The standard InChI is InChI=1S/C45H44N4S/c1-26(2)36-23-30(29-13-10-9-11-14-29)24-37(27(3)4)40(36)49-41-34-19-17-28(5)46-38(34)21-22-39(41)48-43(49)35-16-12-15-32-33-20-18-31(25-45(6,7)8)47-44(33)50-42(32)35/h9-24,26-27H,25H2,1-8H3/i5D3. The lowest BCUT2D eigenvalue weighted by Gasteiger charge is -2.25. The number of hydrogen-bond donors (Lipinski definition) is 0. The summed E-state index contributed by atoms with van der Waals surface area (Å²) in [7, 11) is 0. The Morgan fingerprint density at radius 2 is 1.42 bits per heavy atom. The summed E-state index contributed by atoms with van der Waals surface area (Å²) in [6.07, 6.45) is 0.902. The van der Waals surface area contributed by atoms with E-state index in [1.807, 2.05) is 18.2 Å². The van der Waals surface area contributed by atoms with Gasteiger partial charge in [-0.05, 0) is 107 Å². The fraction of sp³-hybridized carbons (Fsp3) is 0.267. The quantitative estimate of drug-likeness (QED) is 0.176. The molecule has 0 saturated heterocycles. The molecule has 4 nitrogen and oxygen atoms in total. The minimum atomic E-state index is -2.31. The molecule has 250 valence electrons. The van der Waals surface area contributed by atoms with Crippen LogP contribution in [0.1, 0.15) is 86.9 Å². The first-order valence-corrected chi connectivity index (χ1v) is 18.4. The molecule has 5 heteroatoms. The zero-order valence-corrected chi connectivity index (χ0v) is 30.6. The van der Waals surface area contributed by atoms with Gasteiger partial charge in [-0.15, -0.1) is 11.3 Å². The predicted octanol–water partition coefficient (Wildman–Crippen LogP) is 12.8. The summed E-state index contributed by atoms with van der Waals surface area (Å²) in [6.45, 7) is 13.5. The van der Waals surface area contributed by atoms with E-state index in [4.69, 9.17) is 14.1 Å². The van der Waals surface area contributed by atoms with E-state index in [9.17, 15) is 0 Å². The molecule has 0 radical (unpaired) electrons. The largest absolute Gasteiger partial charge is 0.291 e. The number of aryl methyl sites for hydroxylation is 1. The molecule has 8 aromatic rings. The number of nitrogens with zero attached hydrogens (tertiary/aromatic N) is 4. The molecule has 0 amide bonds. The Labute approximate surface area is 303 Å². The molecule has 0 N–H and O–H groups in total. The lowest BCUT2D eigenvalue weighted by Crippen LogP contribution is -2.10. The fourth-order valence-electron chi connectivity index (χ4n) is 7.32. The van der Waals surface area contributed by atoms with E-state index < -0.39 is 6.85 Å². The molecule has 0 aliphatic heterocycles. The molecule has 0 aliphatic carbocycles. The van der Waals surface area contributed by atoms with E-state index in [1.165, 1.54) is 22.3 Å².